The molecular weight excluding hydrogens is 354 g/mol. The maximum atomic E-state index is 5.65. The summed E-state index contributed by atoms with van der Waals surface area (Å²) in [5.74, 6) is 1.14. The first-order chi connectivity index (χ1) is 11.6. The number of nitrogens with two attached hydrogens (primary N) is 1. The monoisotopic (exact) mass is 381 g/mol. The molecule has 5 nitrogen and oxygen atoms in total. The van der Waals surface area contributed by atoms with Gasteiger partial charge in [-0.2, -0.15) is 0 Å². The van der Waals surface area contributed by atoms with Crippen LogP contribution in [0, 0.1) is 0 Å². The van der Waals surface area contributed by atoms with Crippen LogP contribution < -0.4 is 11.1 Å². The lowest BCUT2D eigenvalue weighted by Crippen LogP contribution is -2.26. The number of rotatable bonds is 5. The van der Waals surface area contributed by atoms with Gasteiger partial charge in [-0.25, -0.2) is 9.97 Å². The van der Waals surface area contributed by atoms with E-state index < -0.39 is 0 Å². The van der Waals surface area contributed by atoms with Gasteiger partial charge in [0, 0.05) is 23.7 Å². The Hall–Kier alpha value is -1.37. The summed E-state index contributed by atoms with van der Waals surface area (Å²) in [6, 6.07) is 4.36. The van der Waals surface area contributed by atoms with Crippen molar-refractivity contribution in [2.45, 2.75) is 51.6 Å². The average molecular weight is 382 g/mol. The lowest BCUT2D eigenvalue weighted by molar-refractivity contribution is 0.276. The highest BCUT2D eigenvalue weighted by Gasteiger charge is 2.18. The molecule has 0 amide bonds. The van der Waals surface area contributed by atoms with E-state index in [1.807, 2.05) is 35.9 Å². The molecule has 0 spiro atoms. The maximum absolute atomic E-state index is 5.65. The van der Waals surface area contributed by atoms with Crippen molar-refractivity contribution < 1.29 is 0 Å². The molecular formula is C18H28ClN5S. The summed E-state index contributed by atoms with van der Waals surface area (Å²) in [7, 11) is 0. The zero-order chi connectivity index (χ0) is 16.9. The summed E-state index contributed by atoms with van der Waals surface area (Å²) in [6.07, 6.45) is 7.41. The number of anilines is 2. The number of aromatic nitrogens is 2. The molecule has 1 saturated heterocycles. The molecule has 7 heteroatoms. The largest absolute Gasteiger partial charge is 0.384 e. The molecule has 0 saturated carbocycles. The minimum Gasteiger partial charge on any atom is -0.384 e. The number of nitrogen functional groups attached to an aromatic ring is 1. The molecule has 0 aromatic carbocycles. The summed E-state index contributed by atoms with van der Waals surface area (Å²) in [6.45, 7) is 7.69. The van der Waals surface area contributed by atoms with Crippen LogP contribution in [0.3, 0.4) is 0 Å². The van der Waals surface area contributed by atoms with Crippen LogP contribution in [0.5, 0.6) is 0 Å². The normalized spacial score (nSPS) is 18.6. The minimum atomic E-state index is 0. The van der Waals surface area contributed by atoms with Crippen molar-refractivity contribution in [1.82, 2.24) is 14.9 Å². The Morgan fingerprint density at radius 2 is 2.08 bits per heavy atom. The lowest BCUT2D eigenvalue weighted by atomic mass is 10.1. The van der Waals surface area contributed by atoms with Crippen molar-refractivity contribution in [1.29, 1.82) is 0 Å². The van der Waals surface area contributed by atoms with Crippen LogP contribution in [0.15, 0.2) is 24.5 Å². The Morgan fingerprint density at radius 1 is 1.24 bits per heavy atom. The molecule has 3 rings (SSSR count). The van der Waals surface area contributed by atoms with Crippen LogP contribution in [-0.2, 0) is 6.54 Å². The highest BCUT2D eigenvalue weighted by Crippen LogP contribution is 2.24. The van der Waals surface area contributed by atoms with Crippen LogP contribution in [0.1, 0.15) is 48.9 Å². The molecule has 1 unspecified atom stereocenters. The Balaban J connectivity index is 0.00000225. The molecule has 2 aromatic rings. The van der Waals surface area contributed by atoms with Crippen LogP contribution in [0.4, 0.5) is 11.5 Å². The predicted octanol–water partition coefficient (Wildman–Crippen LogP) is 4.13. The Morgan fingerprint density at radius 3 is 2.76 bits per heavy atom. The number of hydrogen-bond acceptors (Lipinski definition) is 6. The summed E-state index contributed by atoms with van der Waals surface area (Å²) >= 11 is 1.86. The zero-order valence-electron chi connectivity index (χ0n) is 14.9. The van der Waals surface area contributed by atoms with Crippen LogP contribution >= 0.6 is 23.7 Å². The summed E-state index contributed by atoms with van der Waals surface area (Å²) in [4.78, 5) is 12.7. The smallest absolute Gasteiger partial charge is 0.123 e. The molecule has 1 aliphatic rings. The van der Waals surface area contributed by atoms with E-state index in [-0.39, 0.29) is 12.4 Å². The molecule has 2 aromatic heterocycles. The van der Waals surface area contributed by atoms with E-state index in [9.17, 15) is 0 Å². The van der Waals surface area contributed by atoms with Crippen molar-refractivity contribution in [3.05, 3.63) is 34.4 Å². The molecule has 138 valence electrons. The van der Waals surface area contributed by atoms with Gasteiger partial charge in [-0.1, -0.05) is 13.8 Å². The third-order valence-corrected chi connectivity index (χ3v) is 5.76. The Bertz CT molecular complexity index is 643. The summed E-state index contributed by atoms with van der Waals surface area (Å²) < 4.78 is 0. The Kier molecular flexibility index (Phi) is 7.47. The van der Waals surface area contributed by atoms with Gasteiger partial charge in [0.2, 0.25) is 0 Å². The van der Waals surface area contributed by atoms with Crippen molar-refractivity contribution in [3.8, 4) is 0 Å². The van der Waals surface area contributed by atoms with Gasteiger partial charge in [0.25, 0.3) is 0 Å². The van der Waals surface area contributed by atoms with Crippen molar-refractivity contribution >= 4 is 35.2 Å². The first-order valence-electron chi connectivity index (χ1n) is 8.75. The van der Waals surface area contributed by atoms with E-state index in [0.717, 1.165) is 31.7 Å². The van der Waals surface area contributed by atoms with Crippen LogP contribution in [0.25, 0.3) is 0 Å². The van der Waals surface area contributed by atoms with E-state index in [1.54, 1.807) is 0 Å². The van der Waals surface area contributed by atoms with Gasteiger partial charge in [0.15, 0.2) is 0 Å². The van der Waals surface area contributed by atoms with Crippen molar-refractivity contribution in [2.75, 3.05) is 24.1 Å². The van der Waals surface area contributed by atoms with Gasteiger partial charge in [0.05, 0.1) is 18.4 Å². The molecule has 0 aliphatic carbocycles. The molecule has 1 aliphatic heterocycles. The standard InChI is InChI=1S/C18H27N5S.ClH/c1-13(2)16-11-21-18(24-16)12-23-8-3-4-14(7-9-23)22-15-5-6-17(19)20-10-15;/h5-6,10-11,13-14,22H,3-4,7-9,12H2,1-2H3,(H2,19,20);1H. The first-order valence-corrected chi connectivity index (χ1v) is 9.57. The topological polar surface area (TPSA) is 67.1 Å². The second-order valence-corrected chi connectivity index (χ2v) is 7.98. The van der Waals surface area contributed by atoms with Gasteiger partial charge >= 0.3 is 0 Å². The number of nitrogens with one attached hydrogen (secondary N) is 1. The van der Waals surface area contributed by atoms with Crippen molar-refractivity contribution in [2.24, 2.45) is 0 Å². The van der Waals surface area contributed by atoms with E-state index >= 15 is 0 Å². The molecule has 0 bridgehead atoms. The third kappa shape index (κ3) is 5.83. The first kappa shape index (κ1) is 19.9. The second kappa shape index (κ2) is 9.36. The quantitative estimate of drug-likeness (QED) is 0.814. The predicted molar refractivity (Wildman–Crippen MR) is 109 cm³/mol. The molecule has 3 heterocycles. The van der Waals surface area contributed by atoms with E-state index in [4.69, 9.17) is 5.73 Å². The summed E-state index contributed by atoms with van der Waals surface area (Å²) in [5, 5.41) is 4.84. The highest BCUT2D eigenvalue weighted by atomic mass is 35.5. The van der Waals surface area contributed by atoms with E-state index in [2.05, 4.69) is 34.0 Å². The molecule has 1 fully saturated rings. The molecule has 0 radical (unpaired) electrons. The van der Waals surface area contributed by atoms with Gasteiger partial charge in [-0.15, -0.1) is 23.7 Å². The van der Waals surface area contributed by atoms with Crippen LogP contribution in [0.2, 0.25) is 0 Å². The Labute approximate surface area is 160 Å². The fourth-order valence-corrected chi connectivity index (χ4v) is 4.01. The highest BCUT2D eigenvalue weighted by molar-refractivity contribution is 7.11. The third-order valence-electron chi connectivity index (χ3n) is 4.48. The van der Waals surface area contributed by atoms with Gasteiger partial charge < -0.3 is 11.1 Å². The fraction of sp³-hybridized carbons (Fsp3) is 0.556. The summed E-state index contributed by atoms with van der Waals surface area (Å²) in [5.41, 5.74) is 6.71. The van der Waals surface area contributed by atoms with Gasteiger partial charge in [0.1, 0.15) is 10.8 Å². The minimum absolute atomic E-state index is 0. The second-order valence-electron chi connectivity index (χ2n) is 6.83. The number of likely N-dealkylation sites (tertiary alicyclic amines) is 1. The van der Waals surface area contributed by atoms with E-state index in [1.165, 1.54) is 22.7 Å². The zero-order valence-corrected chi connectivity index (χ0v) is 16.6. The van der Waals surface area contributed by atoms with E-state index in [0.29, 0.717) is 17.8 Å². The van der Waals surface area contributed by atoms with Gasteiger partial charge in [-0.05, 0) is 43.9 Å². The number of thiazole rings is 1. The molecule has 3 N–H and O–H groups in total. The van der Waals surface area contributed by atoms with Crippen molar-refractivity contribution in [3.63, 3.8) is 0 Å². The molecule has 25 heavy (non-hydrogen) atoms. The number of pyridine rings is 1. The number of nitrogens with zero attached hydrogens (tertiary/aromatic N) is 3. The molecule has 1 atom stereocenters. The SMILES string of the molecule is CC(C)c1cnc(CN2CCCC(Nc3ccc(N)nc3)CC2)s1.Cl. The fourth-order valence-electron chi connectivity index (χ4n) is 3.04. The lowest BCUT2D eigenvalue weighted by Gasteiger charge is -2.19. The van der Waals surface area contributed by atoms with Gasteiger partial charge in [-0.3, -0.25) is 4.90 Å². The maximum Gasteiger partial charge on any atom is 0.123 e. The number of hydrogen-bond donors (Lipinski definition) is 2. The number of halogens is 1. The average Bonchev–Trinajstić information content (AvgIpc) is 2.92. The van der Waals surface area contributed by atoms with Crippen LogP contribution in [-0.4, -0.2) is 34.0 Å².